The molecule has 12 heteroatoms. The maximum atomic E-state index is 13.6. The van der Waals surface area contributed by atoms with Crippen LogP contribution in [0.1, 0.15) is 56.9 Å². The summed E-state index contributed by atoms with van der Waals surface area (Å²) in [5.74, 6) is -2.48. The zero-order valence-electron chi connectivity index (χ0n) is 22.9. The fourth-order valence-electron chi connectivity index (χ4n) is 5.16. The smallest absolute Gasteiger partial charge is 0.326 e. The van der Waals surface area contributed by atoms with Crippen LogP contribution in [0.3, 0.4) is 0 Å². The van der Waals surface area contributed by atoms with Crippen molar-refractivity contribution in [1.82, 2.24) is 20.5 Å². The number of aromatic amines is 1. The van der Waals surface area contributed by atoms with Crippen LogP contribution >= 0.6 is 0 Å². The molecule has 0 spiro atoms. The predicted molar refractivity (Wildman–Crippen MR) is 152 cm³/mol. The summed E-state index contributed by atoms with van der Waals surface area (Å²) in [6.45, 7) is 1.30. The first-order chi connectivity index (χ1) is 19.3. The molecule has 1 saturated heterocycles. The van der Waals surface area contributed by atoms with Crippen molar-refractivity contribution >= 4 is 34.6 Å². The normalized spacial score (nSPS) is 17.4. The second-order valence-corrected chi connectivity index (χ2v) is 10.4. The van der Waals surface area contributed by atoms with E-state index in [1.807, 2.05) is 24.3 Å². The van der Waals surface area contributed by atoms with Crippen LogP contribution in [0.4, 0.5) is 0 Å². The molecule has 2 aromatic rings. The highest BCUT2D eigenvalue weighted by Gasteiger charge is 2.39. The van der Waals surface area contributed by atoms with E-state index < -0.39 is 42.0 Å². The van der Waals surface area contributed by atoms with Gasteiger partial charge in [-0.15, -0.1) is 0 Å². The average molecular weight is 558 g/mol. The number of rotatable bonds is 16. The van der Waals surface area contributed by atoms with Crippen LogP contribution < -0.4 is 27.8 Å². The molecule has 12 nitrogen and oxygen atoms in total. The molecule has 1 aromatic heterocycles. The Hall–Kier alpha value is -3.48. The van der Waals surface area contributed by atoms with Gasteiger partial charge in [-0.25, -0.2) is 4.79 Å². The SMILES string of the molecule is NCCCCC(N)C(=O)NC(CCCCN)C(=O)N1CCCC1C(=O)NC(Cc1c[nH]c2ccccc12)C(=O)O. The fraction of sp³-hybridized carbons (Fsp3) is 0.571. The number of H-pyrrole nitrogens is 1. The van der Waals surface area contributed by atoms with Crippen LogP contribution in [0.5, 0.6) is 0 Å². The summed E-state index contributed by atoms with van der Waals surface area (Å²) in [6, 6.07) is 3.91. The number of aliphatic carboxylic acids is 1. The first kappa shape index (κ1) is 31.1. The molecule has 3 amide bonds. The van der Waals surface area contributed by atoms with Gasteiger partial charge in [0.1, 0.15) is 18.1 Å². The molecule has 220 valence electrons. The van der Waals surface area contributed by atoms with Gasteiger partial charge in [0.2, 0.25) is 17.7 Å². The number of nitrogens with zero attached hydrogens (tertiary/aromatic N) is 1. The van der Waals surface area contributed by atoms with Crippen molar-refractivity contribution in [1.29, 1.82) is 0 Å². The largest absolute Gasteiger partial charge is 0.480 e. The number of likely N-dealkylation sites (tertiary alicyclic amines) is 1. The maximum absolute atomic E-state index is 13.6. The standard InChI is InChI=1S/C28H43N7O5/c29-13-5-3-9-20(31)25(36)33-22(11-4-6-14-30)27(38)35-15-7-12-24(35)26(37)34-23(28(39)40)16-18-17-32-21-10-2-1-8-19(18)21/h1-2,8,10,17,20,22-24,32H,3-7,9,11-16,29-31H2,(H,33,36)(H,34,37)(H,39,40). The number of carbonyl (C=O) groups is 4. The number of nitrogens with two attached hydrogens (primary N) is 3. The van der Waals surface area contributed by atoms with Gasteiger partial charge in [-0.2, -0.15) is 0 Å². The molecule has 10 N–H and O–H groups in total. The van der Waals surface area contributed by atoms with Gasteiger partial charge in [-0.1, -0.05) is 24.6 Å². The van der Waals surface area contributed by atoms with Crippen molar-refractivity contribution in [2.75, 3.05) is 19.6 Å². The van der Waals surface area contributed by atoms with Crippen LogP contribution in [-0.4, -0.2) is 82.5 Å². The predicted octanol–water partition coefficient (Wildman–Crippen LogP) is 0.341. The molecule has 0 radical (unpaired) electrons. The molecule has 1 fully saturated rings. The highest BCUT2D eigenvalue weighted by atomic mass is 16.4. The van der Waals surface area contributed by atoms with Gasteiger partial charge in [0.15, 0.2) is 0 Å². The van der Waals surface area contributed by atoms with E-state index >= 15 is 0 Å². The molecule has 2 heterocycles. The van der Waals surface area contributed by atoms with Crippen LogP contribution in [0, 0.1) is 0 Å². The number of amides is 3. The summed E-state index contributed by atoms with van der Waals surface area (Å²) < 4.78 is 0. The van der Waals surface area contributed by atoms with Crippen molar-refractivity contribution in [2.24, 2.45) is 17.2 Å². The molecule has 4 unspecified atom stereocenters. The molecule has 4 atom stereocenters. The first-order valence-corrected chi connectivity index (χ1v) is 14.1. The van der Waals surface area contributed by atoms with Gasteiger partial charge in [0.25, 0.3) is 0 Å². The average Bonchev–Trinajstić information content (AvgIpc) is 3.59. The number of unbranched alkanes of at least 4 members (excludes halogenated alkanes) is 2. The van der Waals surface area contributed by atoms with Gasteiger partial charge < -0.3 is 42.8 Å². The zero-order valence-corrected chi connectivity index (χ0v) is 22.9. The molecule has 1 aliphatic heterocycles. The Balaban J connectivity index is 1.68. The Morgan fingerprint density at radius 3 is 2.40 bits per heavy atom. The molecule has 0 bridgehead atoms. The van der Waals surface area contributed by atoms with E-state index in [0.29, 0.717) is 64.6 Å². The number of nitrogens with one attached hydrogen (secondary N) is 3. The third-order valence-electron chi connectivity index (χ3n) is 7.42. The lowest BCUT2D eigenvalue weighted by molar-refractivity contribution is -0.145. The van der Waals surface area contributed by atoms with Crippen molar-refractivity contribution in [3.63, 3.8) is 0 Å². The highest BCUT2D eigenvalue weighted by molar-refractivity contribution is 5.94. The minimum atomic E-state index is -1.17. The monoisotopic (exact) mass is 557 g/mol. The van der Waals surface area contributed by atoms with Crippen LogP contribution in [0.15, 0.2) is 30.5 Å². The molecule has 40 heavy (non-hydrogen) atoms. The number of carbonyl (C=O) groups excluding carboxylic acids is 3. The van der Waals surface area contributed by atoms with E-state index in [1.165, 1.54) is 4.90 Å². The number of para-hydroxylation sites is 1. The zero-order chi connectivity index (χ0) is 29.1. The van der Waals surface area contributed by atoms with Gasteiger partial charge in [-0.3, -0.25) is 14.4 Å². The molecule has 1 aromatic carbocycles. The Morgan fingerprint density at radius 1 is 1.00 bits per heavy atom. The van der Waals surface area contributed by atoms with Crippen molar-refractivity contribution in [2.45, 2.75) is 82.0 Å². The lowest BCUT2D eigenvalue weighted by Gasteiger charge is -2.30. The van der Waals surface area contributed by atoms with E-state index in [1.54, 1.807) is 6.20 Å². The number of carboxylic acid groups (broad SMARTS) is 1. The molecule has 0 aliphatic carbocycles. The minimum Gasteiger partial charge on any atom is -0.480 e. The molecule has 1 aliphatic rings. The van der Waals surface area contributed by atoms with Crippen LogP contribution in [0.2, 0.25) is 0 Å². The number of hydrogen-bond acceptors (Lipinski definition) is 7. The summed E-state index contributed by atoms with van der Waals surface area (Å²) in [6.07, 6.45) is 6.39. The Kier molecular flexibility index (Phi) is 11.9. The minimum absolute atomic E-state index is 0.0889. The lowest BCUT2D eigenvalue weighted by atomic mass is 10.0. The number of hydrogen-bond donors (Lipinski definition) is 7. The topological polar surface area (TPSA) is 210 Å². The van der Waals surface area contributed by atoms with E-state index in [4.69, 9.17) is 17.2 Å². The van der Waals surface area contributed by atoms with Gasteiger partial charge in [0, 0.05) is 30.1 Å². The summed E-state index contributed by atoms with van der Waals surface area (Å²) >= 11 is 0. The van der Waals surface area contributed by atoms with E-state index in [0.717, 1.165) is 22.9 Å². The summed E-state index contributed by atoms with van der Waals surface area (Å²) in [4.78, 5) is 56.4. The summed E-state index contributed by atoms with van der Waals surface area (Å²) in [7, 11) is 0. The van der Waals surface area contributed by atoms with Crippen molar-refractivity contribution in [3.8, 4) is 0 Å². The quantitative estimate of drug-likeness (QED) is 0.143. The number of aromatic nitrogens is 1. The Labute approximate surface area is 234 Å². The molecular weight excluding hydrogens is 514 g/mol. The lowest BCUT2D eigenvalue weighted by Crippen LogP contribution is -2.57. The van der Waals surface area contributed by atoms with Crippen molar-refractivity contribution < 1.29 is 24.3 Å². The number of benzene rings is 1. The highest BCUT2D eigenvalue weighted by Crippen LogP contribution is 2.22. The van der Waals surface area contributed by atoms with Gasteiger partial charge >= 0.3 is 5.97 Å². The van der Waals surface area contributed by atoms with Crippen LogP contribution in [-0.2, 0) is 25.6 Å². The molecule has 0 saturated carbocycles. The Morgan fingerprint density at radius 2 is 1.70 bits per heavy atom. The van der Waals surface area contributed by atoms with Crippen molar-refractivity contribution in [3.05, 3.63) is 36.0 Å². The first-order valence-electron chi connectivity index (χ1n) is 14.1. The fourth-order valence-corrected chi connectivity index (χ4v) is 5.16. The summed E-state index contributed by atoms with van der Waals surface area (Å²) in [5.41, 5.74) is 18.8. The summed E-state index contributed by atoms with van der Waals surface area (Å²) in [5, 5.41) is 16.2. The van der Waals surface area contributed by atoms with E-state index in [9.17, 15) is 24.3 Å². The molecule has 3 rings (SSSR count). The van der Waals surface area contributed by atoms with Crippen LogP contribution in [0.25, 0.3) is 10.9 Å². The number of carboxylic acids is 1. The molecular formula is C28H43N7O5. The van der Waals surface area contributed by atoms with E-state index in [-0.39, 0.29) is 12.3 Å². The third kappa shape index (κ3) is 8.26. The Bertz CT molecular complexity index is 1150. The van der Waals surface area contributed by atoms with Gasteiger partial charge in [0.05, 0.1) is 6.04 Å². The van der Waals surface area contributed by atoms with E-state index in [2.05, 4.69) is 15.6 Å². The maximum Gasteiger partial charge on any atom is 0.326 e. The number of fused-ring (bicyclic) bond motifs is 1. The van der Waals surface area contributed by atoms with Gasteiger partial charge in [-0.05, 0) is 69.7 Å². The second-order valence-electron chi connectivity index (χ2n) is 10.4. The second kappa shape index (κ2) is 15.3. The third-order valence-corrected chi connectivity index (χ3v) is 7.42.